The smallest absolute Gasteiger partial charge is 0.251 e. The third-order valence-electron chi connectivity index (χ3n) is 10.3. The Labute approximate surface area is 324 Å². The number of nitriles is 1. The summed E-state index contributed by atoms with van der Waals surface area (Å²) in [6.45, 7) is 3.90. The average Bonchev–Trinajstić information content (AvgIpc) is 3.87. The molecule has 56 heavy (non-hydrogen) atoms. The molecule has 0 aliphatic carbocycles. The maximum absolute atomic E-state index is 12.9. The van der Waals surface area contributed by atoms with Gasteiger partial charge in [0.2, 0.25) is 27.8 Å². The highest BCUT2D eigenvalue weighted by atomic mass is 32.2. The normalized spacial score (nSPS) is 16.9. The van der Waals surface area contributed by atoms with Crippen LogP contribution in [0.5, 0.6) is 0 Å². The first-order valence-electron chi connectivity index (χ1n) is 18.6. The lowest BCUT2D eigenvalue weighted by molar-refractivity contribution is -0.134. The van der Waals surface area contributed by atoms with E-state index in [4.69, 9.17) is 4.98 Å². The molecule has 0 radical (unpaired) electrons. The van der Waals surface area contributed by atoms with Gasteiger partial charge in [-0.1, -0.05) is 24.3 Å². The maximum atomic E-state index is 12.9. The molecule has 2 saturated heterocycles. The molecule has 1 atom stereocenters. The van der Waals surface area contributed by atoms with Gasteiger partial charge in [-0.25, -0.2) is 13.4 Å². The van der Waals surface area contributed by atoms with E-state index < -0.39 is 15.6 Å². The summed E-state index contributed by atoms with van der Waals surface area (Å²) >= 11 is 0. The highest BCUT2D eigenvalue weighted by Crippen LogP contribution is 2.36. The number of hydrogen-bond acceptors (Lipinski definition) is 11. The number of unbranched alkanes of at least 4 members (excludes halogenated alkanes) is 1. The van der Waals surface area contributed by atoms with E-state index in [9.17, 15) is 28.1 Å². The summed E-state index contributed by atoms with van der Waals surface area (Å²) in [5.41, 5.74) is 4.33. The van der Waals surface area contributed by atoms with Crippen molar-refractivity contribution in [1.29, 1.82) is 5.26 Å². The van der Waals surface area contributed by atoms with E-state index in [1.165, 1.54) is 4.31 Å². The third kappa shape index (κ3) is 8.32. The zero-order valence-corrected chi connectivity index (χ0v) is 31.7. The van der Waals surface area contributed by atoms with Crippen molar-refractivity contribution in [3.05, 3.63) is 89.9 Å². The number of aromatic nitrogens is 5. The van der Waals surface area contributed by atoms with Gasteiger partial charge in [0.1, 0.15) is 11.2 Å². The van der Waals surface area contributed by atoms with Gasteiger partial charge >= 0.3 is 0 Å². The van der Waals surface area contributed by atoms with Crippen LogP contribution in [0.25, 0.3) is 22.3 Å². The molecule has 16 nitrogen and oxygen atoms in total. The van der Waals surface area contributed by atoms with E-state index in [0.29, 0.717) is 60.0 Å². The summed E-state index contributed by atoms with van der Waals surface area (Å²) in [7, 11) is -3.38. The molecule has 5 heterocycles. The van der Waals surface area contributed by atoms with E-state index in [0.717, 1.165) is 35.9 Å². The van der Waals surface area contributed by atoms with Crippen LogP contribution < -0.4 is 21.3 Å². The van der Waals surface area contributed by atoms with E-state index in [-0.39, 0.29) is 48.9 Å². The molecule has 1 unspecified atom stereocenters. The monoisotopic (exact) mass is 777 g/mol. The summed E-state index contributed by atoms with van der Waals surface area (Å²) in [6, 6.07) is 19.0. The Morgan fingerprint density at radius 3 is 2.64 bits per heavy atom. The van der Waals surface area contributed by atoms with Crippen LogP contribution in [-0.4, -0.2) is 87.1 Å². The van der Waals surface area contributed by atoms with Crippen molar-refractivity contribution >= 4 is 50.4 Å². The number of imide groups is 1. The van der Waals surface area contributed by atoms with Crippen LogP contribution in [0.1, 0.15) is 66.4 Å². The molecule has 0 spiro atoms. The summed E-state index contributed by atoms with van der Waals surface area (Å²) < 4.78 is 27.9. The van der Waals surface area contributed by atoms with Crippen LogP contribution in [0.15, 0.2) is 73.2 Å². The van der Waals surface area contributed by atoms with Gasteiger partial charge < -0.3 is 20.9 Å². The standard InChI is InChI=1S/C39H43N11O5S/c1-2-56(54,55)49-24-39(25-49,15-16-40)50-23-29(22-44-50)34-32-14-19-42-35(32)48-38(47-34)45-30-10-8-27(9-11-30)36(52)43-18-4-3-17-41-21-26-6-5-7-28(20-26)31-12-13-33(51)46-37(31)53/h5-11,14,19-20,22-23,31,41H,2-4,12-13,15,17-18,21,24-25H2,1H3,(H,43,52)(H,46,51,53)(H2,42,45,47,48). The van der Waals surface area contributed by atoms with Crippen molar-refractivity contribution in [2.45, 2.75) is 57.0 Å². The van der Waals surface area contributed by atoms with Crippen LogP contribution in [0.4, 0.5) is 11.6 Å². The Bertz CT molecular complexity index is 2400. The number of amides is 3. The Hall–Kier alpha value is -5.96. The lowest BCUT2D eigenvalue weighted by Crippen LogP contribution is -2.64. The van der Waals surface area contributed by atoms with Gasteiger partial charge in [0, 0.05) is 67.2 Å². The number of nitrogens with zero attached hydrogens (tertiary/aromatic N) is 6. The van der Waals surface area contributed by atoms with E-state index in [1.54, 1.807) is 54.5 Å². The first kappa shape index (κ1) is 38.3. The topological polar surface area (TPSA) is 220 Å². The van der Waals surface area contributed by atoms with Crippen LogP contribution in [-0.2, 0) is 31.7 Å². The molecule has 5 aromatic rings. The highest BCUT2D eigenvalue weighted by molar-refractivity contribution is 7.89. The Morgan fingerprint density at radius 1 is 1.07 bits per heavy atom. The molecule has 0 bridgehead atoms. The third-order valence-corrected chi connectivity index (χ3v) is 12.0. The van der Waals surface area contributed by atoms with Gasteiger partial charge in [0.15, 0.2) is 0 Å². The number of aromatic amines is 1. The summed E-state index contributed by atoms with van der Waals surface area (Å²) in [5, 5.41) is 26.9. The van der Waals surface area contributed by atoms with Crippen molar-refractivity contribution in [1.82, 2.24) is 45.0 Å². The number of carbonyl (C=O) groups excluding carboxylic acids is 3. The number of H-pyrrole nitrogens is 1. The van der Waals surface area contributed by atoms with Gasteiger partial charge in [-0.3, -0.25) is 24.4 Å². The lowest BCUT2D eigenvalue weighted by Gasteiger charge is -2.47. The molecule has 3 aromatic heterocycles. The first-order chi connectivity index (χ1) is 27.1. The second-order valence-electron chi connectivity index (χ2n) is 14.1. The predicted molar refractivity (Wildman–Crippen MR) is 209 cm³/mol. The summed E-state index contributed by atoms with van der Waals surface area (Å²) in [5.74, 6) is -0.612. The number of piperidine rings is 1. The average molecular weight is 778 g/mol. The second-order valence-corrected chi connectivity index (χ2v) is 16.4. The first-order valence-corrected chi connectivity index (χ1v) is 20.2. The van der Waals surface area contributed by atoms with Crippen LogP contribution >= 0.6 is 0 Å². The van der Waals surface area contributed by atoms with Gasteiger partial charge in [0.25, 0.3) is 5.91 Å². The van der Waals surface area contributed by atoms with Crippen molar-refractivity contribution in [3.63, 3.8) is 0 Å². The minimum absolute atomic E-state index is 0.00594. The second kappa shape index (κ2) is 16.4. The molecular weight excluding hydrogens is 735 g/mol. The number of nitrogens with one attached hydrogen (secondary N) is 5. The Morgan fingerprint density at radius 2 is 1.88 bits per heavy atom. The maximum Gasteiger partial charge on any atom is 0.251 e. The molecule has 5 N–H and O–H groups in total. The molecular formula is C39H43N11O5S. The zero-order chi connectivity index (χ0) is 39.3. The number of benzene rings is 2. The zero-order valence-electron chi connectivity index (χ0n) is 30.9. The number of fused-ring (bicyclic) bond motifs is 1. The van der Waals surface area contributed by atoms with Gasteiger partial charge in [-0.15, -0.1) is 0 Å². The molecule has 17 heteroatoms. The van der Waals surface area contributed by atoms with Crippen molar-refractivity contribution in [3.8, 4) is 17.3 Å². The lowest BCUT2D eigenvalue weighted by atomic mass is 9.89. The van der Waals surface area contributed by atoms with E-state index in [1.807, 2.05) is 30.3 Å². The van der Waals surface area contributed by atoms with E-state index in [2.05, 4.69) is 42.4 Å². The number of sulfonamides is 1. The number of carbonyl (C=O) groups is 3. The fourth-order valence-corrected chi connectivity index (χ4v) is 8.31. The fourth-order valence-electron chi connectivity index (χ4n) is 7.07. The SMILES string of the molecule is CCS(=O)(=O)N1CC(CC#N)(n2cc(-c3nc(Nc4ccc(C(=O)NCCCCNCc5cccc(C6CCC(=O)NC6=O)c5)cc4)nc4[nH]ccc34)cn2)C1. The number of anilines is 2. The molecule has 2 aliphatic rings. The fraction of sp³-hybridized carbons (Fsp3) is 0.359. The molecule has 3 amide bonds. The Balaban J connectivity index is 0.895. The molecule has 0 saturated carbocycles. The van der Waals surface area contributed by atoms with Crippen LogP contribution in [0.2, 0.25) is 0 Å². The predicted octanol–water partition coefficient (Wildman–Crippen LogP) is 3.66. The Kier molecular flexibility index (Phi) is 11.2. The van der Waals surface area contributed by atoms with Gasteiger partial charge in [0.05, 0.1) is 36.1 Å². The van der Waals surface area contributed by atoms with Crippen molar-refractivity contribution < 1.29 is 22.8 Å². The highest BCUT2D eigenvalue weighted by Gasteiger charge is 2.49. The number of rotatable bonds is 16. The summed E-state index contributed by atoms with van der Waals surface area (Å²) in [4.78, 5) is 49.1. The quantitative estimate of drug-likeness (QED) is 0.0719. The van der Waals surface area contributed by atoms with Gasteiger partial charge in [-0.05, 0) is 74.2 Å². The van der Waals surface area contributed by atoms with Gasteiger partial charge in [-0.2, -0.15) is 19.6 Å². The van der Waals surface area contributed by atoms with Crippen molar-refractivity contribution in [2.24, 2.45) is 0 Å². The van der Waals surface area contributed by atoms with Crippen molar-refractivity contribution in [2.75, 3.05) is 37.2 Å². The number of hydrogen-bond donors (Lipinski definition) is 5. The van der Waals surface area contributed by atoms with Crippen LogP contribution in [0, 0.1) is 11.3 Å². The van der Waals surface area contributed by atoms with E-state index >= 15 is 0 Å². The molecule has 2 fully saturated rings. The minimum Gasteiger partial charge on any atom is -0.352 e. The summed E-state index contributed by atoms with van der Waals surface area (Å²) in [6.07, 6.45) is 7.87. The molecule has 2 aliphatic heterocycles. The molecule has 290 valence electrons. The largest absolute Gasteiger partial charge is 0.352 e. The minimum atomic E-state index is -3.38. The molecule has 7 rings (SSSR count). The van der Waals surface area contributed by atoms with Crippen LogP contribution in [0.3, 0.4) is 0 Å². The molecule has 2 aromatic carbocycles.